The van der Waals surface area contributed by atoms with E-state index in [4.69, 9.17) is 5.11 Å². The maximum Gasteiger partial charge on any atom is 0.239 e. The highest BCUT2D eigenvalue weighted by molar-refractivity contribution is 5.81. The zero-order valence-corrected chi connectivity index (χ0v) is 12.2. The number of nitrogens with one attached hydrogen (secondary N) is 1. The Balaban J connectivity index is 2.82. The molecule has 1 aromatic carbocycles. The van der Waals surface area contributed by atoms with E-state index < -0.39 is 0 Å². The first-order valence-corrected chi connectivity index (χ1v) is 6.72. The Labute approximate surface area is 115 Å². The highest BCUT2D eigenvalue weighted by atomic mass is 16.3. The van der Waals surface area contributed by atoms with E-state index in [1.54, 1.807) is 0 Å². The third-order valence-corrected chi connectivity index (χ3v) is 2.95. The third-order valence-electron chi connectivity index (χ3n) is 2.95. The fourth-order valence-corrected chi connectivity index (χ4v) is 2.08. The number of aryl methyl sites for hydroxylation is 1. The van der Waals surface area contributed by atoms with Crippen molar-refractivity contribution >= 4 is 11.6 Å². The van der Waals surface area contributed by atoms with E-state index in [2.05, 4.69) is 5.32 Å². The lowest BCUT2D eigenvalue weighted by atomic mass is 10.1. The average Bonchev–Trinajstić information content (AvgIpc) is 2.35. The first kappa shape index (κ1) is 15.5. The largest absolute Gasteiger partial charge is 0.392 e. The number of aliphatic hydroxyl groups is 1. The lowest BCUT2D eigenvalue weighted by Crippen LogP contribution is -2.40. The van der Waals surface area contributed by atoms with E-state index >= 15 is 0 Å². The third kappa shape index (κ3) is 4.56. The van der Waals surface area contributed by atoms with Crippen molar-refractivity contribution in [3.63, 3.8) is 0 Å². The van der Waals surface area contributed by atoms with E-state index in [0.29, 0.717) is 6.54 Å². The SMILES string of the molecule is CCN(CC(=O)NC(C)C)c1ccc(CO)cc1C. The summed E-state index contributed by atoms with van der Waals surface area (Å²) in [5.74, 6) is 0.0301. The van der Waals surface area contributed by atoms with Crippen molar-refractivity contribution in [3.05, 3.63) is 29.3 Å². The lowest BCUT2D eigenvalue weighted by molar-refractivity contribution is -0.120. The van der Waals surface area contributed by atoms with Gasteiger partial charge >= 0.3 is 0 Å². The topological polar surface area (TPSA) is 52.6 Å². The fraction of sp³-hybridized carbons (Fsp3) is 0.533. The van der Waals surface area contributed by atoms with Gasteiger partial charge in [0.2, 0.25) is 5.91 Å². The number of anilines is 1. The molecule has 2 N–H and O–H groups in total. The van der Waals surface area contributed by atoms with Gasteiger partial charge in [0.05, 0.1) is 13.2 Å². The van der Waals surface area contributed by atoms with Crippen LogP contribution in [0.5, 0.6) is 0 Å². The number of hydrogen-bond donors (Lipinski definition) is 2. The second kappa shape index (κ2) is 7.14. The molecule has 0 bridgehead atoms. The van der Waals surface area contributed by atoms with Crippen molar-refractivity contribution in [2.45, 2.75) is 40.3 Å². The van der Waals surface area contributed by atoms with Crippen LogP contribution in [-0.2, 0) is 11.4 Å². The van der Waals surface area contributed by atoms with Gasteiger partial charge in [-0.15, -0.1) is 0 Å². The van der Waals surface area contributed by atoms with Crippen LogP contribution in [-0.4, -0.2) is 30.1 Å². The van der Waals surface area contributed by atoms with Crippen LogP contribution in [0.4, 0.5) is 5.69 Å². The van der Waals surface area contributed by atoms with Crippen LogP contribution in [0.25, 0.3) is 0 Å². The van der Waals surface area contributed by atoms with Crippen LogP contribution in [0.3, 0.4) is 0 Å². The molecule has 0 unspecified atom stereocenters. The first-order valence-electron chi connectivity index (χ1n) is 6.72. The maximum absolute atomic E-state index is 11.8. The van der Waals surface area contributed by atoms with Gasteiger partial charge < -0.3 is 15.3 Å². The van der Waals surface area contributed by atoms with E-state index in [0.717, 1.165) is 23.4 Å². The minimum absolute atomic E-state index is 0.0301. The molecule has 0 aliphatic heterocycles. The second-order valence-electron chi connectivity index (χ2n) is 5.02. The summed E-state index contributed by atoms with van der Waals surface area (Å²) in [7, 11) is 0. The summed E-state index contributed by atoms with van der Waals surface area (Å²) in [5, 5.41) is 12.0. The fourth-order valence-electron chi connectivity index (χ4n) is 2.08. The number of carbonyl (C=O) groups excluding carboxylic acids is 1. The lowest BCUT2D eigenvalue weighted by Gasteiger charge is -2.25. The second-order valence-corrected chi connectivity index (χ2v) is 5.02. The standard InChI is InChI=1S/C15H24N2O2/c1-5-17(9-15(19)16-11(2)3)14-7-6-13(10-18)8-12(14)4/h6-8,11,18H,5,9-10H2,1-4H3,(H,16,19). The summed E-state index contributed by atoms with van der Waals surface area (Å²) in [4.78, 5) is 13.9. The van der Waals surface area contributed by atoms with Crippen LogP contribution in [0.2, 0.25) is 0 Å². The smallest absolute Gasteiger partial charge is 0.239 e. The van der Waals surface area contributed by atoms with Gasteiger partial charge in [0, 0.05) is 18.3 Å². The summed E-state index contributed by atoms with van der Waals surface area (Å²) in [5.41, 5.74) is 3.01. The van der Waals surface area contributed by atoms with E-state index in [9.17, 15) is 4.79 Å². The summed E-state index contributed by atoms with van der Waals surface area (Å²) in [6.45, 7) is 9.10. The summed E-state index contributed by atoms with van der Waals surface area (Å²) in [6, 6.07) is 5.97. The molecular formula is C15H24N2O2. The summed E-state index contributed by atoms with van der Waals surface area (Å²) < 4.78 is 0. The normalized spacial score (nSPS) is 10.6. The molecule has 4 heteroatoms. The Morgan fingerprint density at radius 3 is 2.58 bits per heavy atom. The molecule has 1 amide bonds. The average molecular weight is 264 g/mol. The minimum Gasteiger partial charge on any atom is -0.392 e. The van der Waals surface area contributed by atoms with Crippen molar-refractivity contribution in [1.29, 1.82) is 0 Å². The van der Waals surface area contributed by atoms with Crippen LogP contribution >= 0.6 is 0 Å². The number of rotatable bonds is 6. The molecule has 1 aromatic rings. The van der Waals surface area contributed by atoms with Crippen molar-refractivity contribution < 1.29 is 9.90 Å². The molecule has 0 saturated carbocycles. The van der Waals surface area contributed by atoms with Crippen molar-refractivity contribution in [2.24, 2.45) is 0 Å². The molecule has 0 heterocycles. The van der Waals surface area contributed by atoms with E-state index in [-0.39, 0.29) is 18.6 Å². The Hall–Kier alpha value is -1.55. The Morgan fingerprint density at radius 1 is 1.42 bits per heavy atom. The molecule has 19 heavy (non-hydrogen) atoms. The number of amides is 1. The van der Waals surface area contributed by atoms with Crippen molar-refractivity contribution in [3.8, 4) is 0 Å². The van der Waals surface area contributed by atoms with Gasteiger partial charge in [0.1, 0.15) is 0 Å². The molecule has 0 atom stereocenters. The van der Waals surface area contributed by atoms with E-state index in [1.807, 2.05) is 50.8 Å². The number of likely N-dealkylation sites (N-methyl/N-ethyl adjacent to an activating group) is 1. The minimum atomic E-state index is 0.0301. The Bertz CT molecular complexity index is 430. The van der Waals surface area contributed by atoms with Crippen LogP contribution in [0.15, 0.2) is 18.2 Å². The highest BCUT2D eigenvalue weighted by Crippen LogP contribution is 2.21. The molecule has 4 nitrogen and oxygen atoms in total. The molecular weight excluding hydrogens is 240 g/mol. The number of carbonyl (C=O) groups is 1. The number of nitrogens with zero attached hydrogens (tertiary/aromatic N) is 1. The van der Waals surface area contributed by atoms with Gasteiger partial charge in [0.25, 0.3) is 0 Å². The predicted molar refractivity (Wildman–Crippen MR) is 78.3 cm³/mol. The van der Waals surface area contributed by atoms with Crippen LogP contribution in [0, 0.1) is 6.92 Å². The van der Waals surface area contributed by atoms with Gasteiger partial charge in [-0.25, -0.2) is 0 Å². The number of benzene rings is 1. The maximum atomic E-state index is 11.8. The summed E-state index contributed by atoms with van der Waals surface area (Å²) in [6.07, 6.45) is 0. The number of hydrogen-bond acceptors (Lipinski definition) is 3. The van der Waals surface area contributed by atoms with E-state index in [1.165, 1.54) is 0 Å². The zero-order valence-electron chi connectivity index (χ0n) is 12.2. The molecule has 0 radical (unpaired) electrons. The first-order chi connectivity index (χ1) is 8.97. The molecule has 0 aliphatic carbocycles. The zero-order chi connectivity index (χ0) is 14.4. The Kier molecular flexibility index (Phi) is 5.83. The number of aliphatic hydroxyl groups excluding tert-OH is 1. The van der Waals surface area contributed by atoms with Crippen LogP contribution in [0.1, 0.15) is 31.9 Å². The Morgan fingerprint density at radius 2 is 2.11 bits per heavy atom. The summed E-state index contributed by atoms with van der Waals surface area (Å²) >= 11 is 0. The highest BCUT2D eigenvalue weighted by Gasteiger charge is 2.12. The molecule has 0 aromatic heterocycles. The van der Waals surface area contributed by atoms with Gasteiger partial charge in [0.15, 0.2) is 0 Å². The van der Waals surface area contributed by atoms with Gasteiger partial charge in [-0.2, -0.15) is 0 Å². The quantitative estimate of drug-likeness (QED) is 0.824. The van der Waals surface area contributed by atoms with Gasteiger partial charge in [-0.1, -0.05) is 12.1 Å². The molecule has 106 valence electrons. The predicted octanol–water partition coefficient (Wildman–Crippen LogP) is 1.84. The molecule has 0 fully saturated rings. The monoisotopic (exact) mass is 264 g/mol. The van der Waals surface area contributed by atoms with Crippen molar-refractivity contribution in [1.82, 2.24) is 5.32 Å². The molecule has 0 saturated heterocycles. The van der Waals surface area contributed by atoms with Gasteiger partial charge in [-0.3, -0.25) is 4.79 Å². The molecule has 0 spiro atoms. The molecule has 1 rings (SSSR count). The van der Waals surface area contributed by atoms with Crippen molar-refractivity contribution in [2.75, 3.05) is 18.0 Å². The van der Waals surface area contributed by atoms with Gasteiger partial charge in [-0.05, 0) is 44.9 Å². The van der Waals surface area contributed by atoms with Crippen LogP contribution < -0.4 is 10.2 Å². The molecule has 0 aliphatic rings.